The van der Waals surface area contributed by atoms with Crippen LogP contribution in [0, 0.1) is 6.92 Å². The van der Waals surface area contributed by atoms with Crippen molar-refractivity contribution in [3.8, 4) is 0 Å². The van der Waals surface area contributed by atoms with Crippen LogP contribution in [-0.4, -0.2) is 15.5 Å². The van der Waals surface area contributed by atoms with Gasteiger partial charge in [-0.2, -0.15) is 0 Å². The third kappa shape index (κ3) is 3.59. The summed E-state index contributed by atoms with van der Waals surface area (Å²) >= 11 is 2.82. The average molecular weight is 397 g/mol. The molecule has 0 aliphatic carbocycles. The molecule has 27 heavy (non-hydrogen) atoms. The van der Waals surface area contributed by atoms with Gasteiger partial charge < -0.3 is 8.75 Å². The van der Waals surface area contributed by atoms with Crippen molar-refractivity contribution in [1.29, 1.82) is 0 Å². The number of nitrogens with zero attached hydrogens (tertiary/aromatic N) is 2. The molecule has 0 unspecified atom stereocenters. The summed E-state index contributed by atoms with van der Waals surface area (Å²) < 4.78 is 8.79. The first-order valence-electron chi connectivity index (χ1n) is 8.95. The minimum atomic E-state index is -0.210. The van der Waals surface area contributed by atoms with Gasteiger partial charge in [0.15, 0.2) is 0 Å². The molecule has 0 radical (unpaired) electrons. The predicted octanol–water partition coefficient (Wildman–Crippen LogP) is 5.96. The van der Waals surface area contributed by atoms with Crippen LogP contribution in [0.5, 0.6) is 0 Å². The lowest BCUT2D eigenvalue weighted by atomic mass is 10.1. The maximum atomic E-state index is 11.8. The molecule has 0 N–H and O–H groups in total. The van der Waals surface area contributed by atoms with E-state index in [2.05, 4.69) is 46.1 Å². The zero-order valence-electron chi connectivity index (χ0n) is 15.3. The number of aromatic nitrogens is 2. The van der Waals surface area contributed by atoms with Crippen LogP contribution in [0.4, 0.5) is 0 Å². The average Bonchev–Trinajstić information content (AvgIpc) is 3.23. The van der Waals surface area contributed by atoms with Crippen LogP contribution in [0.1, 0.15) is 30.9 Å². The smallest absolute Gasteiger partial charge is 0.318 e. The topological polar surface area (TPSA) is 44.1 Å². The van der Waals surface area contributed by atoms with Crippen LogP contribution >= 0.6 is 23.4 Å². The molecule has 2 aromatic carbocycles. The molecule has 2 aromatic heterocycles. The van der Waals surface area contributed by atoms with E-state index in [-0.39, 0.29) is 5.97 Å². The van der Waals surface area contributed by atoms with Crippen LogP contribution in [0.3, 0.4) is 0 Å². The first kappa shape index (κ1) is 18.1. The molecule has 138 valence electrons. The van der Waals surface area contributed by atoms with Crippen LogP contribution in [0.15, 0.2) is 53.0 Å². The highest BCUT2D eigenvalue weighted by Gasteiger charge is 2.16. The molecule has 0 saturated carbocycles. The second-order valence-electron chi connectivity index (χ2n) is 6.47. The molecule has 0 atom stereocenters. The van der Waals surface area contributed by atoms with Gasteiger partial charge >= 0.3 is 5.97 Å². The van der Waals surface area contributed by atoms with Crippen LogP contribution in [0.25, 0.3) is 21.1 Å². The number of carbonyl (C=O) groups is 1. The minimum Gasteiger partial charge on any atom is -0.383 e. The van der Waals surface area contributed by atoms with E-state index >= 15 is 0 Å². The molecule has 0 bridgehead atoms. The van der Waals surface area contributed by atoms with Gasteiger partial charge in [0.05, 0.1) is 17.6 Å². The molecule has 4 nitrogen and oxygen atoms in total. The van der Waals surface area contributed by atoms with E-state index in [1.807, 2.05) is 25.1 Å². The summed E-state index contributed by atoms with van der Waals surface area (Å²) in [5, 5.41) is 4.22. The largest absolute Gasteiger partial charge is 0.383 e. The predicted molar refractivity (Wildman–Crippen MR) is 112 cm³/mol. The van der Waals surface area contributed by atoms with Crippen molar-refractivity contribution < 1.29 is 8.98 Å². The van der Waals surface area contributed by atoms with Gasteiger partial charge in [0.25, 0.3) is 0 Å². The fraction of sp³-hybridized carbons (Fsp3) is 0.238. The fourth-order valence-electron chi connectivity index (χ4n) is 3.23. The first-order chi connectivity index (χ1) is 13.2. The van der Waals surface area contributed by atoms with Crippen molar-refractivity contribution in [1.82, 2.24) is 9.55 Å². The van der Waals surface area contributed by atoms with E-state index in [4.69, 9.17) is 4.18 Å². The lowest BCUT2D eigenvalue weighted by molar-refractivity contribution is -0.133. The second kappa shape index (κ2) is 7.74. The maximum Gasteiger partial charge on any atom is 0.318 e. The van der Waals surface area contributed by atoms with Gasteiger partial charge in [-0.15, -0.1) is 11.3 Å². The lowest BCUT2D eigenvalue weighted by Gasteiger charge is -2.09. The third-order valence-electron chi connectivity index (χ3n) is 4.50. The zero-order chi connectivity index (χ0) is 18.8. The molecular weight excluding hydrogens is 376 g/mol. The van der Waals surface area contributed by atoms with E-state index < -0.39 is 0 Å². The summed E-state index contributed by atoms with van der Waals surface area (Å²) in [5.74, 6) is -0.210. The maximum absolute atomic E-state index is 11.8. The highest BCUT2D eigenvalue weighted by atomic mass is 32.2. The van der Waals surface area contributed by atoms with Crippen molar-refractivity contribution in [2.24, 2.45) is 0 Å². The van der Waals surface area contributed by atoms with Gasteiger partial charge in [-0.3, -0.25) is 4.79 Å². The number of fused-ring (bicyclic) bond motifs is 2. The molecule has 2 heterocycles. The number of hydrogen-bond donors (Lipinski definition) is 0. The Hall–Kier alpha value is -2.31. The lowest BCUT2D eigenvalue weighted by Crippen LogP contribution is -2.03. The molecule has 0 fully saturated rings. The summed E-state index contributed by atoms with van der Waals surface area (Å²) in [5.41, 5.74) is 4.48. The highest BCUT2D eigenvalue weighted by molar-refractivity contribution is 7.94. The third-order valence-corrected chi connectivity index (χ3v) is 6.22. The Labute approximate surface area is 166 Å². The van der Waals surface area contributed by atoms with E-state index in [0.717, 1.165) is 29.5 Å². The van der Waals surface area contributed by atoms with Crippen molar-refractivity contribution >= 4 is 50.5 Å². The summed E-state index contributed by atoms with van der Waals surface area (Å²) in [6.45, 7) is 4.80. The normalized spacial score (nSPS) is 11.3. The number of imidazole rings is 1. The second-order valence-corrected chi connectivity index (χ2v) is 8.08. The standard InChI is InChI=1S/C21H20N2O2S2/c1-3-7-19(24)25-27-21-22-16-9-4-5-10-17(16)23(21)12-15-13-26-18-11-6-8-14(2)20(15)18/h4-6,8-11,13H,3,7,12H2,1-2H3. The molecule has 0 aliphatic rings. The quantitative estimate of drug-likeness (QED) is 0.377. The Morgan fingerprint density at radius 2 is 2.07 bits per heavy atom. The summed E-state index contributed by atoms with van der Waals surface area (Å²) in [7, 11) is 0. The number of carbonyl (C=O) groups excluding carboxylic acids is 1. The van der Waals surface area contributed by atoms with Crippen LogP contribution in [0.2, 0.25) is 0 Å². The Bertz CT molecular complexity index is 1110. The first-order valence-corrected chi connectivity index (χ1v) is 10.6. The molecule has 0 spiro atoms. The molecule has 0 amide bonds. The molecule has 6 heteroatoms. The number of aryl methyl sites for hydroxylation is 1. The van der Waals surface area contributed by atoms with Crippen molar-refractivity contribution in [3.05, 3.63) is 59.0 Å². The Morgan fingerprint density at radius 3 is 2.93 bits per heavy atom. The summed E-state index contributed by atoms with van der Waals surface area (Å²) in [4.78, 5) is 16.5. The van der Waals surface area contributed by atoms with E-state index in [9.17, 15) is 4.79 Å². The number of benzene rings is 2. The number of hydrogen-bond acceptors (Lipinski definition) is 5. The Kier molecular flexibility index (Phi) is 5.18. The fourth-order valence-corrected chi connectivity index (χ4v) is 4.90. The molecule has 0 aliphatic heterocycles. The summed E-state index contributed by atoms with van der Waals surface area (Å²) in [6, 6.07) is 14.4. The molecule has 4 aromatic rings. The highest BCUT2D eigenvalue weighted by Crippen LogP contribution is 2.32. The van der Waals surface area contributed by atoms with Gasteiger partial charge in [0, 0.05) is 16.5 Å². The monoisotopic (exact) mass is 396 g/mol. The van der Waals surface area contributed by atoms with E-state index in [0.29, 0.717) is 18.1 Å². The summed E-state index contributed by atoms with van der Waals surface area (Å²) in [6.07, 6.45) is 1.19. The molecule has 0 saturated heterocycles. The number of thiophene rings is 1. The van der Waals surface area contributed by atoms with E-state index in [1.54, 1.807) is 11.3 Å². The van der Waals surface area contributed by atoms with Gasteiger partial charge in [0.1, 0.15) is 12.0 Å². The van der Waals surface area contributed by atoms with Gasteiger partial charge in [0.2, 0.25) is 5.16 Å². The van der Waals surface area contributed by atoms with Crippen LogP contribution < -0.4 is 0 Å². The van der Waals surface area contributed by atoms with Crippen molar-refractivity contribution in [3.63, 3.8) is 0 Å². The molecular formula is C21H20N2O2S2. The van der Waals surface area contributed by atoms with Gasteiger partial charge in [-0.1, -0.05) is 31.2 Å². The minimum absolute atomic E-state index is 0.210. The van der Waals surface area contributed by atoms with Crippen molar-refractivity contribution in [2.45, 2.75) is 38.4 Å². The number of rotatable bonds is 6. The number of para-hydroxylation sites is 2. The van der Waals surface area contributed by atoms with Crippen LogP contribution in [-0.2, 0) is 15.5 Å². The SMILES string of the molecule is CCCC(=O)OSc1nc2ccccc2n1Cc1csc2cccc(C)c12. The van der Waals surface area contributed by atoms with Crippen molar-refractivity contribution in [2.75, 3.05) is 0 Å². The Balaban J connectivity index is 1.73. The zero-order valence-corrected chi connectivity index (χ0v) is 16.9. The van der Waals surface area contributed by atoms with Gasteiger partial charge in [-0.25, -0.2) is 4.98 Å². The van der Waals surface area contributed by atoms with E-state index in [1.165, 1.54) is 21.2 Å². The molecule has 4 rings (SSSR count). The Morgan fingerprint density at radius 1 is 1.22 bits per heavy atom. The van der Waals surface area contributed by atoms with Gasteiger partial charge in [-0.05, 0) is 48.1 Å².